The predicted molar refractivity (Wildman–Crippen MR) is 121 cm³/mol. The van der Waals surface area contributed by atoms with Crippen molar-refractivity contribution in [2.75, 3.05) is 24.4 Å². The molecule has 178 valence electrons. The average Bonchev–Trinajstić information content (AvgIpc) is 2.82. The Hall–Kier alpha value is -4.05. The monoisotopic (exact) mass is 473 g/mol. The van der Waals surface area contributed by atoms with Gasteiger partial charge in [-0.1, -0.05) is 24.3 Å². The number of halogens is 3. The van der Waals surface area contributed by atoms with Crippen molar-refractivity contribution < 1.29 is 32.6 Å². The number of amides is 2. The smallest absolute Gasteiger partial charge is 0.416 e. The first-order chi connectivity index (χ1) is 16.2. The fourth-order valence-corrected chi connectivity index (χ4v) is 3.08. The van der Waals surface area contributed by atoms with E-state index in [4.69, 9.17) is 4.74 Å². The minimum absolute atomic E-state index is 0.0764. The summed E-state index contributed by atoms with van der Waals surface area (Å²) >= 11 is 0. The first-order valence-corrected chi connectivity index (χ1v) is 10.1. The van der Waals surface area contributed by atoms with Gasteiger partial charge in [-0.3, -0.25) is 9.59 Å². The van der Waals surface area contributed by atoms with Crippen LogP contribution in [0.3, 0.4) is 0 Å². The highest BCUT2D eigenvalue weighted by Crippen LogP contribution is 2.32. The minimum atomic E-state index is -4.51. The second kappa shape index (κ2) is 10.7. The number of hydrogen-bond donors (Lipinski definition) is 4. The van der Waals surface area contributed by atoms with Crippen LogP contribution in [0.4, 0.5) is 30.2 Å². The third-order valence-electron chi connectivity index (χ3n) is 4.78. The molecule has 0 bridgehead atoms. The lowest BCUT2D eigenvalue weighted by Crippen LogP contribution is -2.46. The third-order valence-corrected chi connectivity index (χ3v) is 4.78. The second-order valence-electron chi connectivity index (χ2n) is 7.18. The van der Waals surface area contributed by atoms with Crippen molar-refractivity contribution in [1.82, 2.24) is 5.32 Å². The van der Waals surface area contributed by atoms with Crippen molar-refractivity contribution in [3.63, 3.8) is 0 Å². The molecule has 0 aliphatic rings. The van der Waals surface area contributed by atoms with Gasteiger partial charge >= 0.3 is 6.18 Å². The molecule has 1 unspecified atom stereocenters. The molecule has 0 fully saturated rings. The van der Waals surface area contributed by atoms with Crippen LogP contribution in [0.1, 0.15) is 15.9 Å². The Bertz CT molecular complexity index is 1170. The lowest BCUT2D eigenvalue weighted by molar-refractivity contribution is -0.137. The SMILES string of the molecule is COc1cccc(NC(=O)C(CO)NC(=O)c2ccccc2Nc2cccc(C(F)(F)F)c2)c1. The molecule has 4 N–H and O–H groups in total. The molecule has 7 nitrogen and oxygen atoms in total. The van der Waals surface area contributed by atoms with Crippen molar-refractivity contribution in [2.45, 2.75) is 12.2 Å². The Kier molecular flexibility index (Phi) is 7.75. The van der Waals surface area contributed by atoms with Gasteiger partial charge in [0.2, 0.25) is 5.91 Å². The molecule has 0 aliphatic carbocycles. The number of carbonyl (C=O) groups is 2. The van der Waals surface area contributed by atoms with Crippen molar-refractivity contribution in [3.8, 4) is 5.75 Å². The lowest BCUT2D eigenvalue weighted by Gasteiger charge is -2.18. The number of methoxy groups -OCH3 is 1. The summed E-state index contributed by atoms with van der Waals surface area (Å²) < 4.78 is 44.1. The Balaban J connectivity index is 1.75. The van der Waals surface area contributed by atoms with Crippen LogP contribution in [0.2, 0.25) is 0 Å². The Morgan fingerprint density at radius 3 is 2.38 bits per heavy atom. The molecule has 34 heavy (non-hydrogen) atoms. The zero-order chi connectivity index (χ0) is 24.7. The number of rotatable bonds is 8. The van der Waals surface area contributed by atoms with Gasteiger partial charge in [-0.05, 0) is 42.5 Å². The molecule has 0 spiro atoms. The maximum atomic E-state index is 13.0. The van der Waals surface area contributed by atoms with E-state index in [1.54, 1.807) is 36.4 Å². The van der Waals surface area contributed by atoms with Gasteiger partial charge in [0.15, 0.2) is 0 Å². The summed E-state index contributed by atoms with van der Waals surface area (Å²) in [6, 6.07) is 15.9. The number of alkyl halides is 3. The number of anilines is 3. The number of nitrogens with one attached hydrogen (secondary N) is 3. The number of carbonyl (C=O) groups excluding carboxylic acids is 2. The number of benzene rings is 3. The van der Waals surface area contributed by atoms with Gasteiger partial charge in [0.25, 0.3) is 5.91 Å². The zero-order valence-electron chi connectivity index (χ0n) is 18.0. The fourth-order valence-electron chi connectivity index (χ4n) is 3.08. The summed E-state index contributed by atoms with van der Waals surface area (Å²) in [5.74, 6) is -0.848. The molecule has 1 atom stereocenters. The molecule has 0 radical (unpaired) electrons. The van der Waals surface area contributed by atoms with Gasteiger partial charge < -0.3 is 25.8 Å². The summed E-state index contributed by atoms with van der Waals surface area (Å²) in [5.41, 5.74) is -0.000959. The van der Waals surface area contributed by atoms with Crippen LogP contribution in [0.15, 0.2) is 72.8 Å². The number of aliphatic hydroxyl groups excluding tert-OH is 1. The average molecular weight is 473 g/mol. The van der Waals surface area contributed by atoms with Gasteiger partial charge in [-0.25, -0.2) is 0 Å². The maximum Gasteiger partial charge on any atom is 0.416 e. The molecule has 3 aromatic rings. The highest BCUT2D eigenvalue weighted by Gasteiger charge is 2.30. The maximum absolute atomic E-state index is 13.0. The van der Waals surface area contributed by atoms with Crippen LogP contribution in [0.25, 0.3) is 0 Å². The second-order valence-corrected chi connectivity index (χ2v) is 7.18. The van der Waals surface area contributed by atoms with E-state index >= 15 is 0 Å². The highest BCUT2D eigenvalue weighted by molar-refractivity contribution is 6.04. The molecule has 2 amide bonds. The van der Waals surface area contributed by atoms with Crippen LogP contribution in [-0.2, 0) is 11.0 Å². The first-order valence-electron chi connectivity index (χ1n) is 10.1. The molecule has 0 saturated carbocycles. The summed E-state index contributed by atoms with van der Waals surface area (Å²) in [6.45, 7) is -0.676. The largest absolute Gasteiger partial charge is 0.497 e. The van der Waals surface area contributed by atoms with Gasteiger partial charge in [0.05, 0.1) is 30.5 Å². The number of para-hydroxylation sites is 1. The summed E-state index contributed by atoms with van der Waals surface area (Å²) in [7, 11) is 1.47. The predicted octanol–water partition coefficient (Wildman–Crippen LogP) is 4.19. The Morgan fingerprint density at radius 2 is 1.68 bits per heavy atom. The van der Waals surface area contributed by atoms with Crippen LogP contribution in [0.5, 0.6) is 5.75 Å². The number of hydrogen-bond acceptors (Lipinski definition) is 5. The van der Waals surface area contributed by atoms with Crippen molar-refractivity contribution >= 4 is 28.9 Å². The molecule has 3 rings (SSSR count). The van der Waals surface area contributed by atoms with Crippen molar-refractivity contribution in [3.05, 3.63) is 83.9 Å². The lowest BCUT2D eigenvalue weighted by atomic mass is 10.1. The summed E-state index contributed by atoms with van der Waals surface area (Å²) in [5, 5.41) is 17.5. The van der Waals surface area contributed by atoms with E-state index in [2.05, 4.69) is 16.0 Å². The quantitative estimate of drug-likeness (QED) is 0.393. The van der Waals surface area contributed by atoms with Crippen molar-refractivity contribution in [1.29, 1.82) is 0 Å². The summed E-state index contributed by atoms with van der Waals surface area (Å²) in [6.07, 6.45) is -4.51. The van der Waals surface area contributed by atoms with Gasteiger partial charge in [-0.15, -0.1) is 0 Å². The fraction of sp³-hybridized carbons (Fsp3) is 0.167. The molecular formula is C24H22F3N3O4. The van der Waals surface area contributed by atoms with E-state index in [-0.39, 0.29) is 16.9 Å². The number of ether oxygens (including phenoxy) is 1. The molecule has 10 heteroatoms. The summed E-state index contributed by atoms with van der Waals surface area (Å²) in [4.78, 5) is 25.4. The Labute approximate surface area is 193 Å². The van der Waals surface area contributed by atoms with Gasteiger partial charge in [0.1, 0.15) is 11.8 Å². The highest BCUT2D eigenvalue weighted by atomic mass is 19.4. The number of aliphatic hydroxyl groups is 1. The van der Waals surface area contributed by atoms with Crippen molar-refractivity contribution in [2.24, 2.45) is 0 Å². The normalized spacial score (nSPS) is 11.9. The van der Waals surface area contributed by atoms with E-state index in [9.17, 15) is 27.9 Å². The Morgan fingerprint density at radius 1 is 0.971 bits per heavy atom. The van der Waals surface area contributed by atoms with E-state index < -0.39 is 36.2 Å². The van der Waals surface area contributed by atoms with Gasteiger partial charge in [-0.2, -0.15) is 13.2 Å². The molecule has 0 aliphatic heterocycles. The minimum Gasteiger partial charge on any atom is -0.497 e. The molecule has 0 saturated heterocycles. The first kappa shape index (κ1) is 24.6. The molecular weight excluding hydrogens is 451 g/mol. The zero-order valence-corrected chi connectivity index (χ0v) is 18.0. The van der Waals surface area contributed by atoms with Crippen LogP contribution in [0, 0.1) is 0 Å². The standard InChI is InChI=1S/C24H22F3N3O4/c1-34-18-9-5-8-17(13-18)29-23(33)21(14-31)30-22(32)19-10-2-3-11-20(19)28-16-7-4-6-15(12-16)24(25,26)27/h2-13,21,28,31H,14H2,1H3,(H,29,33)(H,30,32). The van der Waals surface area contributed by atoms with E-state index in [0.29, 0.717) is 11.4 Å². The van der Waals surface area contributed by atoms with Crippen LogP contribution >= 0.6 is 0 Å². The molecule has 0 aromatic heterocycles. The molecule has 3 aromatic carbocycles. The van der Waals surface area contributed by atoms with E-state index in [1.165, 1.54) is 31.4 Å². The topological polar surface area (TPSA) is 99.7 Å². The van der Waals surface area contributed by atoms with Gasteiger partial charge in [0, 0.05) is 17.4 Å². The molecule has 0 heterocycles. The van der Waals surface area contributed by atoms with Crippen LogP contribution < -0.4 is 20.7 Å². The third kappa shape index (κ3) is 6.26. The van der Waals surface area contributed by atoms with E-state index in [0.717, 1.165) is 12.1 Å². The van der Waals surface area contributed by atoms with E-state index in [1.807, 2.05) is 0 Å². The van der Waals surface area contributed by atoms with Crippen LogP contribution in [-0.4, -0.2) is 36.7 Å².